The minimum Gasteiger partial charge on any atom is -0.444 e. The molecule has 1 heterocycles. The minimum absolute atomic E-state index is 0.106. The molecule has 2 rings (SSSR count). The number of rotatable bonds is 15. The normalized spacial score (nSPS) is 17.0. The maximum Gasteiger partial charge on any atom is 0.407 e. The largest absolute Gasteiger partial charge is 0.444 e. The van der Waals surface area contributed by atoms with Gasteiger partial charge in [0.2, 0.25) is 17.7 Å². The topological polar surface area (TPSA) is 137 Å². The SMILES string of the molecule is C=CCNC(=O)C1Cc2ccccc2N(C(=O)CC(C)(C)C[C@H](NC(=O)OC(C)(C)C)[C@@H](O)C[C@@H](C)C(=O)NCCCC)C1. The van der Waals surface area contributed by atoms with E-state index in [2.05, 4.69) is 22.5 Å². The number of aliphatic hydroxyl groups is 1. The molecule has 1 aromatic rings. The molecule has 1 aromatic carbocycles. The molecular weight excluding hydrogens is 560 g/mol. The average Bonchev–Trinajstić information content (AvgIpc) is 2.93. The molecule has 4 N–H and O–H groups in total. The number of benzene rings is 1. The smallest absolute Gasteiger partial charge is 0.407 e. The van der Waals surface area contributed by atoms with Crippen LogP contribution in [0.15, 0.2) is 36.9 Å². The van der Waals surface area contributed by atoms with Crippen molar-refractivity contribution in [1.29, 1.82) is 0 Å². The van der Waals surface area contributed by atoms with Gasteiger partial charge in [-0.1, -0.05) is 58.4 Å². The zero-order valence-electron chi connectivity index (χ0n) is 27.7. The van der Waals surface area contributed by atoms with Crippen LogP contribution in [0.5, 0.6) is 0 Å². The van der Waals surface area contributed by atoms with Crippen LogP contribution < -0.4 is 20.9 Å². The summed E-state index contributed by atoms with van der Waals surface area (Å²) in [6.07, 6.45) is 2.73. The number of hydrogen-bond acceptors (Lipinski definition) is 6. The number of ether oxygens (including phenoxy) is 1. The van der Waals surface area contributed by atoms with Gasteiger partial charge >= 0.3 is 6.09 Å². The second kappa shape index (κ2) is 16.6. The van der Waals surface area contributed by atoms with Crippen LogP contribution >= 0.6 is 0 Å². The van der Waals surface area contributed by atoms with Crippen LogP contribution in [0.3, 0.4) is 0 Å². The van der Waals surface area contributed by atoms with Gasteiger partial charge in [-0.2, -0.15) is 0 Å². The quantitative estimate of drug-likeness (QED) is 0.170. The van der Waals surface area contributed by atoms with Crippen molar-refractivity contribution < 1.29 is 29.0 Å². The number of hydrogen-bond donors (Lipinski definition) is 4. The van der Waals surface area contributed by atoms with Gasteiger partial charge in [0, 0.05) is 37.7 Å². The summed E-state index contributed by atoms with van der Waals surface area (Å²) in [5.74, 6) is -1.32. The molecule has 0 saturated heterocycles. The zero-order valence-corrected chi connectivity index (χ0v) is 27.7. The lowest BCUT2D eigenvalue weighted by atomic mass is 9.79. The van der Waals surface area contributed by atoms with Crippen LogP contribution in [0, 0.1) is 17.3 Å². The molecule has 1 aliphatic heterocycles. The van der Waals surface area contributed by atoms with Crippen LogP contribution in [0.2, 0.25) is 0 Å². The number of carbonyl (C=O) groups excluding carboxylic acids is 4. The molecule has 0 radical (unpaired) electrons. The third kappa shape index (κ3) is 11.9. The molecule has 4 amide bonds. The fraction of sp³-hybridized carbons (Fsp3) is 0.647. The molecule has 10 heteroatoms. The summed E-state index contributed by atoms with van der Waals surface area (Å²) in [6.45, 7) is 17.7. The molecule has 1 unspecified atom stereocenters. The molecule has 0 aliphatic carbocycles. The molecule has 10 nitrogen and oxygen atoms in total. The molecule has 1 aliphatic rings. The molecule has 0 saturated carbocycles. The van der Waals surface area contributed by atoms with E-state index in [0.29, 0.717) is 19.5 Å². The van der Waals surface area contributed by atoms with Gasteiger partial charge in [0.25, 0.3) is 0 Å². The summed E-state index contributed by atoms with van der Waals surface area (Å²) in [5, 5.41) is 19.8. The number of para-hydroxylation sites is 1. The monoisotopic (exact) mass is 614 g/mol. The maximum atomic E-state index is 13.9. The predicted octanol–water partition coefficient (Wildman–Crippen LogP) is 4.50. The molecule has 246 valence electrons. The van der Waals surface area contributed by atoms with Crippen molar-refractivity contribution in [3.05, 3.63) is 42.5 Å². The third-order valence-electron chi connectivity index (χ3n) is 7.69. The van der Waals surface area contributed by atoms with Gasteiger partial charge in [-0.3, -0.25) is 14.4 Å². The van der Waals surface area contributed by atoms with Crippen molar-refractivity contribution in [3.8, 4) is 0 Å². The summed E-state index contributed by atoms with van der Waals surface area (Å²) in [7, 11) is 0. The van der Waals surface area contributed by atoms with E-state index in [1.54, 1.807) is 38.7 Å². The van der Waals surface area contributed by atoms with E-state index in [9.17, 15) is 24.3 Å². The Kier molecular flexibility index (Phi) is 13.9. The number of carbonyl (C=O) groups is 4. The number of nitrogens with zero attached hydrogens (tertiary/aromatic N) is 1. The Bertz CT molecular complexity index is 1140. The lowest BCUT2D eigenvalue weighted by Crippen LogP contribution is -2.50. The Morgan fingerprint density at radius 3 is 2.45 bits per heavy atom. The van der Waals surface area contributed by atoms with Crippen molar-refractivity contribution in [1.82, 2.24) is 16.0 Å². The Labute approximate surface area is 263 Å². The predicted molar refractivity (Wildman–Crippen MR) is 173 cm³/mol. The van der Waals surface area contributed by atoms with E-state index in [4.69, 9.17) is 4.74 Å². The number of anilines is 1. The van der Waals surface area contributed by atoms with E-state index < -0.39 is 41.1 Å². The first-order chi connectivity index (χ1) is 20.6. The molecule has 4 atom stereocenters. The van der Waals surface area contributed by atoms with Crippen molar-refractivity contribution in [3.63, 3.8) is 0 Å². The first kappa shape index (κ1) is 36.8. The van der Waals surface area contributed by atoms with Crippen LogP contribution in [-0.2, 0) is 25.5 Å². The minimum atomic E-state index is -1.06. The molecule has 0 bridgehead atoms. The Morgan fingerprint density at radius 1 is 1.14 bits per heavy atom. The van der Waals surface area contributed by atoms with Gasteiger partial charge in [0.15, 0.2) is 0 Å². The number of unbranched alkanes of at least 4 members (excludes halogenated alkanes) is 1. The fourth-order valence-corrected chi connectivity index (χ4v) is 5.44. The third-order valence-corrected chi connectivity index (χ3v) is 7.69. The number of amides is 4. The highest BCUT2D eigenvalue weighted by Gasteiger charge is 2.37. The average molecular weight is 615 g/mol. The summed E-state index contributed by atoms with van der Waals surface area (Å²) in [4.78, 5) is 53.8. The zero-order chi connectivity index (χ0) is 33.1. The summed E-state index contributed by atoms with van der Waals surface area (Å²) >= 11 is 0. The molecular formula is C34H54N4O6. The second-order valence-corrected chi connectivity index (χ2v) is 13.7. The maximum absolute atomic E-state index is 13.9. The highest BCUT2D eigenvalue weighted by atomic mass is 16.6. The van der Waals surface area contributed by atoms with Gasteiger partial charge in [-0.25, -0.2) is 4.79 Å². The lowest BCUT2D eigenvalue weighted by Gasteiger charge is -2.37. The number of nitrogens with one attached hydrogen (secondary N) is 3. The van der Waals surface area contributed by atoms with Gasteiger partial charge in [-0.05, 0) is 63.5 Å². The Balaban J connectivity index is 2.22. The van der Waals surface area contributed by atoms with Crippen molar-refractivity contribution in [2.75, 3.05) is 24.5 Å². The van der Waals surface area contributed by atoms with Crippen molar-refractivity contribution in [2.45, 2.75) is 105 Å². The van der Waals surface area contributed by atoms with Gasteiger partial charge in [0.05, 0.1) is 18.1 Å². The van der Waals surface area contributed by atoms with Gasteiger partial charge in [0.1, 0.15) is 5.60 Å². The second-order valence-electron chi connectivity index (χ2n) is 13.7. The van der Waals surface area contributed by atoms with Crippen LogP contribution in [0.4, 0.5) is 10.5 Å². The first-order valence-electron chi connectivity index (χ1n) is 15.8. The van der Waals surface area contributed by atoms with Crippen molar-refractivity contribution in [2.24, 2.45) is 17.3 Å². The van der Waals surface area contributed by atoms with Crippen LogP contribution in [0.25, 0.3) is 0 Å². The van der Waals surface area contributed by atoms with Crippen LogP contribution in [-0.4, -0.2) is 66.3 Å². The van der Waals surface area contributed by atoms with E-state index >= 15 is 0 Å². The van der Waals surface area contributed by atoms with Crippen molar-refractivity contribution >= 4 is 29.5 Å². The Hall–Kier alpha value is -3.40. The molecule has 0 aromatic heterocycles. The summed E-state index contributed by atoms with van der Waals surface area (Å²) < 4.78 is 5.47. The molecule has 0 fully saturated rings. The van der Waals surface area contributed by atoms with Gasteiger partial charge < -0.3 is 30.7 Å². The fourth-order valence-electron chi connectivity index (χ4n) is 5.44. The van der Waals surface area contributed by atoms with Gasteiger partial charge in [-0.15, -0.1) is 6.58 Å². The standard InChI is InChI=1S/C34H54N4O6/c1-9-11-17-36-30(41)23(3)18-28(39)26(37-32(43)44-33(4,5)6)20-34(7,8)21-29(40)38-22-25(31(42)35-16-10-2)19-24-14-12-13-15-27(24)38/h10,12-15,23,25-26,28,39H,2,9,11,16-22H2,1,3-8H3,(H,35,42)(H,36,41)(H,37,43)/t23-,25?,26+,28+/m1/s1. The molecule has 0 spiro atoms. The van der Waals surface area contributed by atoms with E-state index in [1.807, 2.05) is 45.0 Å². The van der Waals surface area contributed by atoms with E-state index in [0.717, 1.165) is 24.1 Å². The van der Waals surface area contributed by atoms with E-state index in [1.165, 1.54) is 0 Å². The highest BCUT2D eigenvalue weighted by molar-refractivity contribution is 5.96. The number of aliphatic hydroxyl groups excluding tert-OH is 1. The molecule has 44 heavy (non-hydrogen) atoms. The highest BCUT2D eigenvalue weighted by Crippen LogP contribution is 2.35. The lowest BCUT2D eigenvalue weighted by molar-refractivity contribution is -0.126. The Morgan fingerprint density at radius 2 is 1.82 bits per heavy atom. The first-order valence-corrected chi connectivity index (χ1v) is 15.8. The number of fused-ring (bicyclic) bond motifs is 1. The van der Waals surface area contributed by atoms with E-state index in [-0.39, 0.29) is 43.5 Å². The summed E-state index contributed by atoms with van der Waals surface area (Å²) in [6, 6.07) is 6.82. The number of alkyl carbamates (subject to hydrolysis) is 1. The van der Waals surface area contributed by atoms with Crippen LogP contribution in [0.1, 0.15) is 86.1 Å². The summed E-state index contributed by atoms with van der Waals surface area (Å²) in [5.41, 5.74) is 0.299.